The molecule has 1 atom stereocenters. The number of ether oxygens (including phenoxy) is 2. The van der Waals surface area contributed by atoms with Crippen LogP contribution in [0.5, 0.6) is 11.5 Å². The first-order chi connectivity index (χ1) is 15.0. The molecule has 0 bridgehead atoms. The molecule has 1 aromatic heterocycles. The fourth-order valence-electron chi connectivity index (χ4n) is 2.71. The second-order valence-electron chi connectivity index (χ2n) is 6.54. The first-order valence-electron chi connectivity index (χ1n) is 9.49. The van der Waals surface area contributed by atoms with Gasteiger partial charge in [-0.15, -0.1) is 5.10 Å². The van der Waals surface area contributed by atoms with Crippen LogP contribution in [0.4, 0.5) is 5.95 Å². The summed E-state index contributed by atoms with van der Waals surface area (Å²) in [5.74, 6) is 0.841. The Balaban J connectivity index is 1.59. The largest absolute Gasteiger partial charge is 0.493 e. The third kappa shape index (κ3) is 5.69. The van der Waals surface area contributed by atoms with Gasteiger partial charge in [0.1, 0.15) is 6.04 Å². The maximum Gasteiger partial charge on any atom is 0.249 e. The Morgan fingerprint density at radius 1 is 1.06 bits per heavy atom. The summed E-state index contributed by atoms with van der Waals surface area (Å²) in [4.78, 5) is 28.7. The minimum absolute atomic E-state index is 0.0933. The number of rotatable bonds is 8. The standard InChI is InChI=1S/C22H23N5O4/c1-14(23-19(28)12-9-15-7-5-4-6-8-15)21(29)25-22-24-20(26-27-22)16-10-11-17(30-2)18(13-16)31-3/h4-14H,1-3H3,(H,23,28)(H2,24,25,26,27,29). The molecular formula is C22H23N5O4. The first kappa shape index (κ1) is 21.6. The zero-order valence-electron chi connectivity index (χ0n) is 17.4. The van der Waals surface area contributed by atoms with E-state index in [1.807, 2.05) is 30.3 Å². The number of aromatic amines is 1. The second kappa shape index (κ2) is 10.1. The highest BCUT2D eigenvalue weighted by Gasteiger charge is 2.17. The van der Waals surface area contributed by atoms with Gasteiger partial charge in [0, 0.05) is 11.6 Å². The number of carbonyl (C=O) groups excluding carboxylic acids is 2. The molecule has 1 unspecified atom stereocenters. The number of nitrogens with zero attached hydrogens (tertiary/aromatic N) is 2. The third-order valence-electron chi connectivity index (χ3n) is 4.36. The summed E-state index contributed by atoms with van der Waals surface area (Å²) in [6.07, 6.45) is 3.05. The Kier molecular flexibility index (Phi) is 7.00. The van der Waals surface area contributed by atoms with E-state index in [4.69, 9.17) is 9.47 Å². The van der Waals surface area contributed by atoms with E-state index >= 15 is 0 Å². The molecule has 3 N–H and O–H groups in total. The van der Waals surface area contributed by atoms with Crippen LogP contribution >= 0.6 is 0 Å². The molecule has 3 aromatic rings. The summed E-state index contributed by atoms with van der Waals surface area (Å²) in [5.41, 5.74) is 1.59. The summed E-state index contributed by atoms with van der Waals surface area (Å²) < 4.78 is 10.5. The van der Waals surface area contributed by atoms with Crippen molar-refractivity contribution in [3.05, 3.63) is 60.2 Å². The lowest BCUT2D eigenvalue weighted by Gasteiger charge is -2.11. The van der Waals surface area contributed by atoms with Crippen molar-refractivity contribution < 1.29 is 19.1 Å². The van der Waals surface area contributed by atoms with Crippen molar-refractivity contribution >= 4 is 23.8 Å². The maximum atomic E-state index is 12.4. The number of anilines is 1. The second-order valence-corrected chi connectivity index (χ2v) is 6.54. The number of H-pyrrole nitrogens is 1. The Labute approximate surface area is 179 Å². The molecule has 0 aliphatic heterocycles. The molecule has 9 heteroatoms. The minimum atomic E-state index is -0.782. The summed E-state index contributed by atoms with van der Waals surface area (Å²) in [6.45, 7) is 1.57. The normalized spacial score (nSPS) is 11.7. The van der Waals surface area contributed by atoms with Gasteiger partial charge in [0.05, 0.1) is 14.2 Å². The van der Waals surface area contributed by atoms with Crippen LogP contribution in [0.1, 0.15) is 12.5 Å². The van der Waals surface area contributed by atoms with Crippen molar-refractivity contribution in [3.63, 3.8) is 0 Å². The van der Waals surface area contributed by atoms with Gasteiger partial charge in [-0.25, -0.2) is 0 Å². The van der Waals surface area contributed by atoms with Gasteiger partial charge in [-0.3, -0.25) is 20.0 Å². The van der Waals surface area contributed by atoms with E-state index in [2.05, 4.69) is 25.8 Å². The van der Waals surface area contributed by atoms with E-state index in [0.29, 0.717) is 22.9 Å². The average Bonchev–Trinajstić information content (AvgIpc) is 3.26. The van der Waals surface area contributed by atoms with Crippen molar-refractivity contribution in [3.8, 4) is 22.9 Å². The van der Waals surface area contributed by atoms with Crippen molar-refractivity contribution in [2.45, 2.75) is 13.0 Å². The van der Waals surface area contributed by atoms with Gasteiger partial charge in [0.2, 0.25) is 17.8 Å². The van der Waals surface area contributed by atoms with Crippen molar-refractivity contribution in [1.82, 2.24) is 20.5 Å². The highest BCUT2D eigenvalue weighted by atomic mass is 16.5. The molecule has 2 amide bonds. The van der Waals surface area contributed by atoms with Crippen LogP contribution in [-0.2, 0) is 9.59 Å². The van der Waals surface area contributed by atoms with E-state index < -0.39 is 11.9 Å². The number of hydrogen-bond acceptors (Lipinski definition) is 6. The van der Waals surface area contributed by atoms with Crippen LogP contribution in [0.3, 0.4) is 0 Å². The molecule has 0 saturated heterocycles. The van der Waals surface area contributed by atoms with Crippen LogP contribution in [0, 0.1) is 0 Å². The lowest BCUT2D eigenvalue weighted by atomic mass is 10.2. The van der Waals surface area contributed by atoms with Crippen LogP contribution in [0.25, 0.3) is 17.5 Å². The van der Waals surface area contributed by atoms with Gasteiger partial charge >= 0.3 is 0 Å². The number of hydrogen-bond donors (Lipinski definition) is 3. The molecular weight excluding hydrogens is 398 g/mol. The number of methoxy groups -OCH3 is 2. The highest BCUT2D eigenvalue weighted by Crippen LogP contribution is 2.31. The Bertz CT molecular complexity index is 1080. The molecule has 31 heavy (non-hydrogen) atoms. The Hall–Kier alpha value is -4.14. The third-order valence-corrected chi connectivity index (χ3v) is 4.36. The van der Waals surface area contributed by atoms with E-state index in [-0.39, 0.29) is 11.9 Å². The molecule has 1 heterocycles. The molecule has 0 radical (unpaired) electrons. The Morgan fingerprint density at radius 2 is 1.81 bits per heavy atom. The van der Waals surface area contributed by atoms with Crippen LogP contribution < -0.4 is 20.1 Å². The van der Waals surface area contributed by atoms with Gasteiger partial charge < -0.3 is 14.8 Å². The SMILES string of the molecule is COc1ccc(-c2nc(NC(=O)C(C)NC(=O)C=Cc3ccccc3)n[nH]2)cc1OC. The summed E-state index contributed by atoms with van der Waals surface area (Å²) in [6, 6.07) is 13.9. The minimum Gasteiger partial charge on any atom is -0.493 e. The zero-order chi connectivity index (χ0) is 22.2. The molecule has 2 aromatic carbocycles. The first-order valence-corrected chi connectivity index (χ1v) is 9.49. The predicted molar refractivity (Wildman–Crippen MR) is 117 cm³/mol. The maximum absolute atomic E-state index is 12.4. The fraction of sp³-hybridized carbons (Fsp3) is 0.182. The van der Waals surface area contributed by atoms with Gasteiger partial charge in [-0.2, -0.15) is 4.98 Å². The number of nitrogens with one attached hydrogen (secondary N) is 3. The average molecular weight is 421 g/mol. The number of amides is 2. The smallest absolute Gasteiger partial charge is 0.249 e. The highest BCUT2D eigenvalue weighted by molar-refractivity contribution is 5.99. The van der Waals surface area contributed by atoms with Crippen molar-refractivity contribution in [1.29, 1.82) is 0 Å². The van der Waals surface area contributed by atoms with Gasteiger partial charge in [-0.1, -0.05) is 30.3 Å². The molecule has 0 aliphatic rings. The molecule has 0 aliphatic carbocycles. The molecule has 3 rings (SSSR count). The van der Waals surface area contributed by atoms with Crippen molar-refractivity contribution in [2.24, 2.45) is 0 Å². The monoisotopic (exact) mass is 421 g/mol. The van der Waals surface area contributed by atoms with Gasteiger partial charge in [-0.05, 0) is 36.8 Å². The van der Waals surface area contributed by atoms with Crippen LogP contribution in [0.15, 0.2) is 54.6 Å². The van der Waals surface area contributed by atoms with E-state index in [1.165, 1.54) is 6.08 Å². The van der Waals surface area contributed by atoms with E-state index in [1.54, 1.807) is 45.4 Å². The molecule has 160 valence electrons. The van der Waals surface area contributed by atoms with Crippen molar-refractivity contribution in [2.75, 3.05) is 19.5 Å². The number of carbonyl (C=O) groups is 2. The molecule has 0 spiro atoms. The molecule has 9 nitrogen and oxygen atoms in total. The molecule has 0 fully saturated rings. The van der Waals surface area contributed by atoms with Crippen LogP contribution in [0.2, 0.25) is 0 Å². The quantitative estimate of drug-likeness (QED) is 0.481. The van der Waals surface area contributed by atoms with E-state index in [9.17, 15) is 9.59 Å². The summed E-state index contributed by atoms with van der Waals surface area (Å²) >= 11 is 0. The number of aromatic nitrogens is 3. The Morgan fingerprint density at radius 3 is 2.52 bits per heavy atom. The fourth-order valence-corrected chi connectivity index (χ4v) is 2.71. The lowest BCUT2D eigenvalue weighted by molar-refractivity contribution is -0.123. The summed E-state index contributed by atoms with van der Waals surface area (Å²) in [5, 5.41) is 11.9. The van der Waals surface area contributed by atoms with Gasteiger partial charge in [0.15, 0.2) is 17.3 Å². The zero-order valence-corrected chi connectivity index (χ0v) is 17.4. The number of benzene rings is 2. The van der Waals surface area contributed by atoms with Crippen LogP contribution in [-0.4, -0.2) is 47.3 Å². The predicted octanol–water partition coefficient (Wildman–Crippen LogP) is 2.65. The van der Waals surface area contributed by atoms with E-state index in [0.717, 1.165) is 5.56 Å². The summed E-state index contributed by atoms with van der Waals surface area (Å²) in [7, 11) is 3.09. The molecule has 0 saturated carbocycles. The topological polar surface area (TPSA) is 118 Å². The lowest BCUT2D eigenvalue weighted by Crippen LogP contribution is -2.41. The van der Waals surface area contributed by atoms with Gasteiger partial charge in [0.25, 0.3) is 0 Å².